The lowest BCUT2D eigenvalue weighted by Gasteiger charge is -2.38. The van der Waals surface area contributed by atoms with E-state index in [1.165, 1.54) is 0 Å². The standard InChI is InChI=1S/C20H32N2O3/c1-5-7-11-24-18-16(4)12-17(14-21-18)22-19(23)20(25-6-2)10-8-9-15(3)13-20/h12,14-15H,5-11,13H2,1-4H3,(H,22,23)/t15-,20-/m0/s1. The van der Waals surface area contributed by atoms with Crippen LogP contribution in [-0.4, -0.2) is 29.7 Å². The number of hydrogen-bond acceptors (Lipinski definition) is 4. The van der Waals surface area contributed by atoms with Crippen molar-refractivity contribution in [3.8, 4) is 5.88 Å². The van der Waals surface area contributed by atoms with Gasteiger partial charge in [0.15, 0.2) is 0 Å². The number of nitrogens with zero attached hydrogens (tertiary/aromatic N) is 1. The summed E-state index contributed by atoms with van der Waals surface area (Å²) in [5.74, 6) is 1.08. The zero-order valence-electron chi connectivity index (χ0n) is 16.1. The normalized spacial score (nSPS) is 23.3. The molecule has 0 saturated heterocycles. The highest BCUT2D eigenvalue weighted by Crippen LogP contribution is 2.36. The van der Waals surface area contributed by atoms with Crippen molar-refractivity contribution in [1.29, 1.82) is 0 Å². The van der Waals surface area contributed by atoms with Gasteiger partial charge >= 0.3 is 0 Å². The highest BCUT2D eigenvalue weighted by Gasteiger charge is 2.42. The predicted molar refractivity (Wildman–Crippen MR) is 100.0 cm³/mol. The van der Waals surface area contributed by atoms with E-state index in [0.717, 1.165) is 44.1 Å². The monoisotopic (exact) mass is 348 g/mol. The fourth-order valence-corrected chi connectivity index (χ4v) is 3.52. The summed E-state index contributed by atoms with van der Waals surface area (Å²) in [4.78, 5) is 17.3. The number of unbranched alkanes of at least 4 members (excludes halogenated alkanes) is 1. The van der Waals surface area contributed by atoms with Crippen LogP contribution in [0.25, 0.3) is 0 Å². The Balaban J connectivity index is 2.06. The first-order chi connectivity index (χ1) is 12.0. The number of anilines is 1. The third kappa shape index (κ3) is 5.18. The number of nitrogens with one attached hydrogen (secondary N) is 1. The Morgan fingerprint density at radius 1 is 1.44 bits per heavy atom. The van der Waals surface area contributed by atoms with E-state index >= 15 is 0 Å². The molecule has 25 heavy (non-hydrogen) atoms. The Kier molecular flexibility index (Phi) is 7.24. The molecule has 2 rings (SSSR count). The number of rotatable bonds is 8. The van der Waals surface area contributed by atoms with Crippen molar-refractivity contribution in [3.05, 3.63) is 17.8 Å². The van der Waals surface area contributed by atoms with Crippen LogP contribution in [0.4, 0.5) is 5.69 Å². The molecule has 1 amide bonds. The first kappa shape index (κ1) is 19.7. The van der Waals surface area contributed by atoms with Crippen LogP contribution in [0.15, 0.2) is 12.3 Å². The maximum Gasteiger partial charge on any atom is 0.256 e. The minimum Gasteiger partial charge on any atom is -0.477 e. The summed E-state index contributed by atoms with van der Waals surface area (Å²) in [7, 11) is 0. The van der Waals surface area contributed by atoms with E-state index in [4.69, 9.17) is 9.47 Å². The third-order valence-corrected chi connectivity index (χ3v) is 4.81. The molecule has 1 N–H and O–H groups in total. The fraction of sp³-hybridized carbons (Fsp3) is 0.700. The number of hydrogen-bond donors (Lipinski definition) is 1. The van der Waals surface area contributed by atoms with Gasteiger partial charge in [-0.3, -0.25) is 4.79 Å². The molecule has 0 spiro atoms. The van der Waals surface area contributed by atoms with Gasteiger partial charge in [0.25, 0.3) is 5.91 Å². The second kappa shape index (κ2) is 9.18. The molecule has 1 aliphatic rings. The molecule has 0 aromatic carbocycles. The maximum atomic E-state index is 12.9. The van der Waals surface area contributed by atoms with Crippen molar-refractivity contribution in [2.24, 2.45) is 5.92 Å². The Morgan fingerprint density at radius 2 is 2.24 bits per heavy atom. The molecule has 0 radical (unpaired) electrons. The fourth-order valence-electron chi connectivity index (χ4n) is 3.52. The van der Waals surface area contributed by atoms with E-state index in [9.17, 15) is 4.79 Å². The van der Waals surface area contributed by atoms with Crippen molar-refractivity contribution in [1.82, 2.24) is 4.98 Å². The predicted octanol–water partition coefficient (Wildman–Crippen LogP) is 4.49. The minimum atomic E-state index is -0.712. The van der Waals surface area contributed by atoms with Gasteiger partial charge in [0.1, 0.15) is 5.60 Å². The van der Waals surface area contributed by atoms with E-state index in [1.807, 2.05) is 19.9 Å². The summed E-state index contributed by atoms with van der Waals surface area (Å²) in [5, 5.41) is 3.01. The van der Waals surface area contributed by atoms with Crippen molar-refractivity contribution in [2.75, 3.05) is 18.5 Å². The van der Waals surface area contributed by atoms with Gasteiger partial charge in [-0.15, -0.1) is 0 Å². The Morgan fingerprint density at radius 3 is 2.88 bits per heavy atom. The summed E-state index contributed by atoms with van der Waals surface area (Å²) >= 11 is 0. The molecule has 0 aliphatic heterocycles. The first-order valence-electron chi connectivity index (χ1n) is 9.55. The summed E-state index contributed by atoms with van der Waals surface area (Å²) in [6.45, 7) is 9.42. The molecule has 2 atom stereocenters. The smallest absolute Gasteiger partial charge is 0.256 e. The van der Waals surface area contributed by atoms with Gasteiger partial charge in [0.05, 0.1) is 18.5 Å². The van der Waals surface area contributed by atoms with Gasteiger partial charge in [0, 0.05) is 12.2 Å². The second-order valence-corrected chi connectivity index (χ2v) is 7.13. The van der Waals surface area contributed by atoms with E-state index in [-0.39, 0.29) is 5.91 Å². The second-order valence-electron chi connectivity index (χ2n) is 7.13. The molecule has 1 aliphatic carbocycles. The Labute approximate surface area is 151 Å². The van der Waals surface area contributed by atoms with Crippen molar-refractivity contribution in [2.45, 2.75) is 71.8 Å². The maximum absolute atomic E-state index is 12.9. The van der Waals surface area contributed by atoms with E-state index in [2.05, 4.69) is 24.1 Å². The number of amides is 1. The molecular formula is C20H32N2O3. The average Bonchev–Trinajstić information content (AvgIpc) is 2.57. The Bertz CT molecular complexity index is 572. The number of carbonyl (C=O) groups is 1. The largest absolute Gasteiger partial charge is 0.477 e. The molecular weight excluding hydrogens is 316 g/mol. The third-order valence-electron chi connectivity index (χ3n) is 4.81. The molecule has 140 valence electrons. The lowest BCUT2D eigenvalue weighted by Crippen LogP contribution is -2.48. The number of aryl methyl sites for hydroxylation is 1. The summed E-state index contributed by atoms with van der Waals surface area (Å²) in [6.07, 6.45) is 7.50. The number of aromatic nitrogens is 1. The first-order valence-corrected chi connectivity index (χ1v) is 9.55. The lowest BCUT2D eigenvalue weighted by atomic mass is 9.78. The van der Waals surface area contributed by atoms with Crippen LogP contribution in [-0.2, 0) is 9.53 Å². The number of pyridine rings is 1. The van der Waals surface area contributed by atoms with Crippen molar-refractivity contribution in [3.63, 3.8) is 0 Å². The van der Waals surface area contributed by atoms with Crippen LogP contribution in [0.3, 0.4) is 0 Å². The van der Waals surface area contributed by atoms with Crippen LogP contribution in [0.5, 0.6) is 5.88 Å². The van der Waals surface area contributed by atoms with Crippen LogP contribution >= 0.6 is 0 Å². The molecule has 0 unspecified atom stereocenters. The van der Waals surface area contributed by atoms with E-state index < -0.39 is 5.60 Å². The number of ether oxygens (including phenoxy) is 2. The van der Waals surface area contributed by atoms with Crippen LogP contribution in [0.2, 0.25) is 0 Å². The molecule has 0 bridgehead atoms. The van der Waals surface area contributed by atoms with Gasteiger partial charge < -0.3 is 14.8 Å². The topological polar surface area (TPSA) is 60.5 Å². The minimum absolute atomic E-state index is 0.0539. The van der Waals surface area contributed by atoms with Gasteiger partial charge in [0.2, 0.25) is 5.88 Å². The zero-order valence-corrected chi connectivity index (χ0v) is 16.1. The van der Waals surface area contributed by atoms with Crippen molar-refractivity contribution < 1.29 is 14.3 Å². The molecule has 1 heterocycles. The molecule has 5 heteroatoms. The highest BCUT2D eigenvalue weighted by molar-refractivity contribution is 5.97. The molecule has 1 saturated carbocycles. The Hall–Kier alpha value is -1.62. The van der Waals surface area contributed by atoms with Gasteiger partial charge in [-0.05, 0) is 51.5 Å². The van der Waals surface area contributed by atoms with Crippen LogP contribution < -0.4 is 10.1 Å². The average molecular weight is 348 g/mol. The molecule has 1 aromatic rings. The van der Waals surface area contributed by atoms with E-state index in [1.54, 1.807) is 6.20 Å². The summed E-state index contributed by atoms with van der Waals surface area (Å²) < 4.78 is 11.6. The van der Waals surface area contributed by atoms with Crippen LogP contribution in [0.1, 0.15) is 64.9 Å². The molecule has 5 nitrogen and oxygen atoms in total. The molecule has 1 fully saturated rings. The zero-order chi connectivity index (χ0) is 18.3. The lowest BCUT2D eigenvalue weighted by molar-refractivity contribution is -0.147. The highest BCUT2D eigenvalue weighted by atomic mass is 16.5. The quantitative estimate of drug-likeness (QED) is 0.703. The summed E-state index contributed by atoms with van der Waals surface area (Å²) in [5.41, 5.74) is 0.912. The van der Waals surface area contributed by atoms with Crippen molar-refractivity contribution >= 4 is 11.6 Å². The van der Waals surface area contributed by atoms with Gasteiger partial charge in [-0.2, -0.15) is 0 Å². The van der Waals surface area contributed by atoms with E-state index in [0.29, 0.717) is 30.7 Å². The number of carbonyl (C=O) groups excluding carboxylic acids is 1. The van der Waals surface area contributed by atoms with Gasteiger partial charge in [-0.25, -0.2) is 4.98 Å². The molecule has 1 aromatic heterocycles. The van der Waals surface area contributed by atoms with Gasteiger partial charge in [-0.1, -0.05) is 26.7 Å². The summed E-state index contributed by atoms with van der Waals surface area (Å²) in [6, 6.07) is 1.91. The SMILES string of the molecule is CCCCOc1ncc(NC(=O)[C@]2(OCC)CCC[C@H](C)C2)cc1C. The van der Waals surface area contributed by atoms with Crippen LogP contribution in [0, 0.1) is 12.8 Å².